The van der Waals surface area contributed by atoms with Crippen LogP contribution in [-0.4, -0.2) is 40.1 Å². The van der Waals surface area contributed by atoms with Crippen LogP contribution in [-0.2, 0) is 19.3 Å². The molecule has 0 radical (unpaired) electrons. The third-order valence-electron chi connectivity index (χ3n) is 6.16. The van der Waals surface area contributed by atoms with Crippen molar-refractivity contribution < 1.29 is 17.6 Å². The minimum absolute atomic E-state index is 0.117. The summed E-state index contributed by atoms with van der Waals surface area (Å²) in [7, 11) is 0. The fourth-order valence-corrected chi connectivity index (χ4v) is 4.27. The van der Waals surface area contributed by atoms with E-state index in [0.717, 1.165) is 61.2 Å². The third-order valence-corrected chi connectivity index (χ3v) is 6.16. The molecular formula is C24H26F4N4O. The summed E-state index contributed by atoms with van der Waals surface area (Å²) >= 11 is 0. The monoisotopic (exact) mass is 462 g/mol. The van der Waals surface area contributed by atoms with E-state index < -0.39 is 17.6 Å². The normalized spacial score (nSPS) is 15.9. The fraction of sp³-hybridized carbons (Fsp3) is 0.417. The van der Waals surface area contributed by atoms with Gasteiger partial charge in [-0.05, 0) is 68.2 Å². The van der Waals surface area contributed by atoms with E-state index in [9.17, 15) is 22.4 Å². The van der Waals surface area contributed by atoms with Crippen LogP contribution in [0.1, 0.15) is 29.5 Å². The van der Waals surface area contributed by atoms with Crippen molar-refractivity contribution in [3.8, 4) is 0 Å². The lowest BCUT2D eigenvalue weighted by Crippen LogP contribution is -2.43. The van der Waals surface area contributed by atoms with Gasteiger partial charge in [-0.25, -0.2) is 9.37 Å². The maximum atomic E-state index is 13.8. The Hall–Kier alpha value is -2.78. The van der Waals surface area contributed by atoms with Gasteiger partial charge in [0.1, 0.15) is 5.82 Å². The number of rotatable bonds is 6. The molecule has 0 amide bonds. The van der Waals surface area contributed by atoms with E-state index in [-0.39, 0.29) is 11.6 Å². The summed E-state index contributed by atoms with van der Waals surface area (Å²) < 4.78 is 53.6. The molecule has 1 N–H and O–H groups in total. The smallest absolute Gasteiger partial charge is 0.310 e. The lowest BCUT2D eigenvalue weighted by atomic mass is 10.0. The van der Waals surface area contributed by atoms with Crippen LogP contribution in [0.5, 0.6) is 0 Å². The van der Waals surface area contributed by atoms with Crippen molar-refractivity contribution in [1.82, 2.24) is 19.8 Å². The lowest BCUT2D eigenvalue weighted by Gasteiger charge is -2.32. The van der Waals surface area contributed by atoms with Crippen molar-refractivity contribution in [1.29, 1.82) is 0 Å². The van der Waals surface area contributed by atoms with Crippen LogP contribution in [0.2, 0.25) is 0 Å². The van der Waals surface area contributed by atoms with Gasteiger partial charge >= 0.3 is 6.18 Å². The molecule has 4 rings (SSSR count). The van der Waals surface area contributed by atoms with Crippen LogP contribution in [0, 0.1) is 12.7 Å². The topological polar surface area (TPSA) is 50.2 Å². The molecule has 2 aromatic carbocycles. The average Bonchev–Trinajstić information content (AvgIpc) is 2.77. The summed E-state index contributed by atoms with van der Waals surface area (Å²) in [6.07, 6.45) is -1.59. The van der Waals surface area contributed by atoms with Crippen LogP contribution in [0.4, 0.5) is 17.6 Å². The van der Waals surface area contributed by atoms with Gasteiger partial charge in [0.25, 0.3) is 5.56 Å². The average molecular weight is 462 g/mol. The van der Waals surface area contributed by atoms with Gasteiger partial charge in [0.2, 0.25) is 0 Å². The predicted molar refractivity (Wildman–Crippen MR) is 118 cm³/mol. The zero-order valence-corrected chi connectivity index (χ0v) is 18.3. The second kappa shape index (κ2) is 9.61. The molecule has 0 spiro atoms. The summed E-state index contributed by atoms with van der Waals surface area (Å²) in [5.74, 6) is -1.24. The zero-order chi connectivity index (χ0) is 23.6. The second-order valence-corrected chi connectivity index (χ2v) is 8.55. The Morgan fingerprint density at radius 1 is 1.09 bits per heavy atom. The molecule has 0 atom stereocenters. The molecule has 1 saturated heterocycles. The maximum absolute atomic E-state index is 13.8. The predicted octanol–water partition coefficient (Wildman–Crippen LogP) is 4.12. The van der Waals surface area contributed by atoms with Crippen molar-refractivity contribution in [3.63, 3.8) is 0 Å². The van der Waals surface area contributed by atoms with Crippen LogP contribution in [0.15, 0.2) is 47.4 Å². The number of fused-ring (bicyclic) bond motifs is 1. The van der Waals surface area contributed by atoms with Gasteiger partial charge in [0.05, 0.1) is 22.8 Å². The molecule has 0 unspecified atom stereocenters. The number of nitrogens with zero attached hydrogens (tertiary/aromatic N) is 3. The standard InChI is InChI=1S/C24H26F4N4O/c1-16-2-5-21-22(12-16)32(23(33)15-30-21)11-10-31-8-6-18(7-9-31)29-14-17-3-4-19(20(25)13-17)24(26,27)28/h2-5,12-13,15,18,29H,6-11,14H2,1H3. The van der Waals surface area contributed by atoms with E-state index in [2.05, 4.69) is 15.2 Å². The van der Waals surface area contributed by atoms with Gasteiger partial charge in [0.15, 0.2) is 0 Å². The Labute approximate surface area is 189 Å². The Bertz CT molecular complexity index is 1180. The van der Waals surface area contributed by atoms with E-state index >= 15 is 0 Å². The molecule has 176 valence electrons. The Morgan fingerprint density at radius 3 is 2.55 bits per heavy atom. The highest BCUT2D eigenvalue weighted by molar-refractivity contribution is 5.75. The number of hydrogen-bond donors (Lipinski definition) is 1. The Balaban J connectivity index is 1.28. The molecule has 5 nitrogen and oxygen atoms in total. The largest absolute Gasteiger partial charge is 0.419 e. The molecular weight excluding hydrogens is 436 g/mol. The summed E-state index contributed by atoms with van der Waals surface area (Å²) in [4.78, 5) is 18.9. The molecule has 1 aliphatic heterocycles. The number of alkyl halides is 3. The molecule has 3 aromatic rings. The van der Waals surface area contributed by atoms with Gasteiger partial charge in [-0.1, -0.05) is 12.1 Å². The van der Waals surface area contributed by atoms with Gasteiger partial charge in [-0.2, -0.15) is 13.2 Å². The first-order valence-corrected chi connectivity index (χ1v) is 11.0. The van der Waals surface area contributed by atoms with Crippen molar-refractivity contribution >= 4 is 11.0 Å². The van der Waals surface area contributed by atoms with E-state index in [1.807, 2.05) is 25.1 Å². The van der Waals surface area contributed by atoms with E-state index in [0.29, 0.717) is 18.7 Å². The lowest BCUT2D eigenvalue weighted by molar-refractivity contribution is -0.140. The number of aryl methyl sites for hydroxylation is 1. The van der Waals surface area contributed by atoms with E-state index in [1.165, 1.54) is 12.3 Å². The number of likely N-dealkylation sites (tertiary alicyclic amines) is 1. The molecule has 1 aromatic heterocycles. The highest BCUT2D eigenvalue weighted by Crippen LogP contribution is 2.31. The molecule has 2 heterocycles. The van der Waals surface area contributed by atoms with Crippen LogP contribution in [0.25, 0.3) is 11.0 Å². The summed E-state index contributed by atoms with van der Waals surface area (Å²) in [5, 5.41) is 3.32. The third kappa shape index (κ3) is 5.59. The van der Waals surface area contributed by atoms with Crippen LogP contribution in [0.3, 0.4) is 0 Å². The fourth-order valence-electron chi connectivity index (χ4n) is 4.27. The number of aromatic nitrogens is 2. The van der Waals surface area contributed by atoms with Crippen molar-refractivity contribution in [3.05, 3.63) is 75.5 Å². The second-order valence-electron chi connectivity index (χ2n) is 8.55. The Kier molecular flexibility index (Phi) is 6.81. The number of nitrogens with one attached hydrogen (secondary N) is 1. The SMILES string of the molecule is Cc1ccc2ncc(=O)n(CCN3CCC(NCc4ccc(C(F)(F)F)c(F)c4)CC3)c2c1. The summed E-state index contributed by atoms with van der Waals surface area (Å²) in [5.41, 5.74) is 1.83. The molecule has 0 bridgehead atoms. The minimum atomic E-state index is -4.69. The molecule has 9 heteroatoms. The maximum Gasteiger partial charge on any atom is 0.419 e. The van der Waals surface area contributed by atoms with Gasteiger partial charge in [-0.3, -0.25) is 4.79 Å². The molecule has 33 heavy (non-hydrogen) atoms. The zero-order valence-electron chi connectivity index (χ0n) is 18.3. The number of halogens is 4. The highest BCUT2D eigenvalue weighted by Gasteiger charge is 2.33. The first-order valence-electron chi connectivity index (χ1n) is 11.0. The minimum Gasteiger partial charge on any atom is -0.310 e. The summed E-state index contributed by atoms with van der Waals surface area (Å²) in [6, 6.07) is 9.13. The highest BCUT2D eigenvalue weighted by atomic mass is 19.4. The van der Waals surface area contributed by atoms with E-state index in [1.54, 1.807) is 4.57 Å². The first kappa shape index (κ1) is 23.4. The van der Waals surface area contributed by atoms with Crippen LogP contribution >= 0.6 is 0 Å². The number of benzene rings is 2. The van der Waals surface area contributed by atoms with Crippen LogP contribution < -0.4 is 10.9 Å². The molecule has 1 fully saturated rings. The van der Waals surface area contributed by atoms with Gasteiger partial charge in [-0.15, -0.1) is 0 Å². The number of hydrogen-bond acceptors (Lipinski definition) is 4. The van der Waals surface area contributed by atoms with Crippen molar-refractivity contribution in [2.75, 3.05) is 19.6 Å². The van der Waals surface area contributed by atoms with Crippen molar-refractivity contribution in [2.24, 2.45) is 0 Å². The molecule has 1 aliphatic rings. The summed E-state index contributed by atoms with van der Waals surface area (Å²) in [6.45, 7) is 5.30. The quantitative estimate of drug-likeness (QED) is 0.560. The van der Waals surface area contributed by atoms with Gasteiger partial charge < -0.3 is 14.8 Å². The van der Waals surface area contributed by atoms with Crippen molar-refractivity contribution in [2.45, 2.75) is 45.1 Å². The molecule has 0 saturated carbocycles. The van der Waals surface area contributed by atoms with E-state index in [4.69, 9.17) is 0 Å². The first-order chi connectivity index (χ1) is 15.7. The molecule has 0 aliphatic carbocycles. The Morgan fingerprint density at radius 2 is 1.85 bits per heavy atom. The number of piperidine rings is 1. The van der Waals surface area contributed by atoms with Gasteiger partial charge in [0, 0.05) is 25.7 Å².